The van der Waals surface area contributed by atoms with Crippen molar-refractivity contribution in [2.45, 2.75) is 116 Å². The molecule has 21 nitrogen and oxygen atoms in total. The van der Waals surface area contributed by atoms with Crippen LogP contribution >= 0.6 is 0 Å². The summed E-state index contributed by atoms with van der Waals surface area (Å²) in [4.78, 5) is 0. The SMILES string of the molecule is OCC1OC(OCC2OC(OC3(CO)OC(CO)C(O)C3O)C(O)C(O)C2OC2OC(CO)C(O)C(O)C2O)C(O)C(O)C1O. The van der Waals surface area contributed by atoms with Gasteiger partial charge in [-0.05, 0) is 0 Å². The first-order valence-corrected chi connectivity index (χ1v) is 14.1. The van der Waals surface area contributed by atoms with Crippen molar-refractivity contribution in [3.63, 3.8) is 0 Å². The molecule has 0 aromatic rings. The summed E-state index contributed by atoms with van der Waals surface area (Å²) in [5.74, 6) is -2.49. The standard InChI is InChI=1S/C24H42O21/c25-1-6-10(29)13(32)16(35)21(40-6)39-4-9-19(43-22-17(36)14(33)11(30)7(2-26)41-22)15(34)18(37)23(42-9)45-24(5-28)20(38)12(31)8(3-27)44-24/h6-23,25-38H,1-5H2. The van der Waals surface area contributed by atoms with Gasteiger partial charge in [0, 0.05) is 0 Å². The number of aliphatic hydroxyl groups is 14. The first-order chi connectivity index (χ1) is 21.2. The second kappa shape index (κ2) is 15.1. The van der Waals surface area contributed by atoms with Gasteiger partial charge in [-0.15, -0.1) is 0 Å². The summed E-state index contributed by atoms with van der Waals surface area (Å²) in [5.41, 5.74) is 0. The van der Waals surface area contributed by atoms with Gasteiger partial charge in [0.25, 0.3) is 0 Å². The third kappa shape index (κ3) is 7.15. The van der Waals surface area contributed by atoms with E-state index in [4.69, 9.17) is 33.2 Å². The van der Waals surface area contributed by atoms with E-state index in [2.05, 4.69) is 0 Å². The molecule has 4 rings (SSSR count). The van der Waals surface area contributed by atoms with Gasteiger partial charge in [-0.25, -0.2) is 0 Å². The Hall–Kier alpha value is -0.840. The Balaban J connectivity index is 1.58. The number of aliphatic hydroxyl groups excluding tert-OH is 14. The molecule has 0 spiro atoms. The van der Waals surface area contributed by atoms with E-state index in [1.165, 1.54) is 0 Å². The van der Waals surface area contributed by atoms with Crippen LogP contribution in [0.4, 0.5) is 0 Å². The molecule has 19 unspecified atom stereocenters. The fraction of sp³-hybridized carbons (Fsp3) is 1.00. The van der Waals surface area contributed by atoms with Crippen molar-refractivity contribution in [1.82, 2.24) is 0 Å². The van der Waals surface area contributed by atoms with Crippen molar-refractivity contribution in [2.75, 3.05) is 33.0 Å². The highest BCUT2D eigenvalue weighted by Gasteiger charge is 2.59. The molecule has 4 heterocycles. The molecule has 4 aliphatic heterocycles. The van der Waals surface area contributed by atoms with Gasteiger partial charge >= 0.3 is 0 Å². The lowest BCUT2D eigenvalue weighted by Crippen LogP contribution is -2.66. The number of rotatable bonds is 11. The minimum absolute atomic E-state index is 0.786. The molecule has 0 saturated carbocycles. The fourth-order valence-electron chi connectivity index (χ4n) is 5.50. The van der Waals surface area contributed by atoms with E-state index in [1.807, 2.05) is 0 Å². The summed E-state index contributed by atoms with van der Waals surface area (Å²) in [5, 5.41) is 142. The predicted molar refractivity (Wildman–Crippen MR) is 134 cm³/mol. The molecule has 4 saturated heterocycles. The van der Waals surface area contributed by atoms with E-state index < -0.39 is 149 Å². The second-order valence-corrected chi connectivity index (χ2v) is 11.2. The van der Waals surface area contributed by atoms with Crippen LogP contribution in [0.15, 0.2) is 0 Å². The molecule has 0 aromatic carbocycles. The van der Waals surface area contributed by atoms with Crippen LogP contribution < -0.4 is 0 Å². The van der Waals surface area contributed by atoms with Gasteiger partial charge in [-0.2, -0.15) is 0 Å². The topological polar surface area (TPSA) is 348 Å². The van der Waals surface area contributed by atoms with Gasteiger partial charge in [-0.1, -0.05) is 0 Å². The zero-order chi connectivity index (χ0) is 33.4. The van der Waals surface area contributed by atoms with Crippen molar-refractivity contribution in [3.8, 4) is 0 Å². The average molecular weight is 667 g/mol. The molecule has 0 bridgehead atoms. The number of hydrogen-bond acceptors (Lipinski definition) is 21. The van der Waals surface area contributed by atoms with E-state index >= 15 is 0 Å². The maximum absolute atomic E-state index is 11.1. The Morgan fingerprint density at radius 2 is 0.978 bits per heavy atom. The first-order valence-electron chi connectivity index (χ1n) is 14.1. The van der Waals surface area contributed by atoms with E-state index in [-0.39, 0.29) is 0 Å². The fourth-order valence-corrected chi connectivity index (χ4v) is 5.50. The van der Waals surface area contributed by atoms with Crippen LogP contribution in [0.25, 0.3) is 0 Å². The predicted octanol–water partition coefficient (Wildman–Crippen LogP) is -9.75. The summed E-state index contributed by atoms with van der Waals surface area (Å²) in [6.07, 6.45) is -32.3. The molecule has 0 amide bonds. The molecule has 0 aliphatic carbocycles. The Morgan fingerprint density at radius 1 is 0.489 bits per heavy atom. The average Bonchev–Trinajstić information content (AvgIpc) is 3.28. The van der Waals surface area contributed by atoms with Crippen LogP contribution in [0.1, 0.15) is 0 Å². The maximum atomic E-state index is 11.1. The van der Waals surface area contributed by atoms with Crippen LogP contribution in [0.2, 0.25) is 0 Å². The highest BCUT2D eigenvalue weighted by Crippen LogP contribution is 2.37. The van der Waals surface area contributed by atoms with Gasteiger partial charge < -0.3 is 105 Å². The molecule has 14 N–H and O–H groups in total. The van der Waals surface area contributed by atoms with Gasteiger partial charge in [0.05, 0.1) is 26.4 Å². The minimum Gasteiger partial charge on any atom is -0.394 e. The van der Waals surface area contributed by atoms with E-state index in [1.54, 1.807) is 0 Å². The summed E-state index contributed by atoms with van der Waals surface area (Å²) in [6, 6.07) is 0. The molecule has 19 atom stereocenters. The van der Waals surface area contributed by atoms with Crippen LogP contribution in [-0.4, -0.2) is 221 Å². The Kier molecular flexibility index (Phi) is 12.5. The molecule has 0 radical (unpaired) electrons. The molecule has 4 fully saturated rings. The van der Waals surface area contributed by atoms with Crippen molar-refractivity contribution < 1.29 is 105 Å². The summed E-state index contributed by atoms with van der Waals surface area (Å²) in [7, 11) is 0. The maximum Gasteiger partial charge on any atom is 0.224 e. The quantitative estimate of drug-likeness (QED) is 0.0973. The molecule has 4 aliphatic rings. The highest BCUT2D eigenvalue weighted by molar-refractivity contribution is 4.99. The lowest BCUT2D eigenvalue weighted by atomic mass is 9.96. The number of hydrogen-bond donors (Lipinski definition) is 14. The molecule has 0 aromatic heterocycles. The minimum atomic E-state index is -2.49. The van der Waals surface area contributed by atoms with Crippen LogP contribution in [0.5, 0.6) is 0 Å². The van der Waals surface area contributed by atoms with Crippen LogP contribution in [0, 0.1) is 0 Å². The zero-order valence-corrected chi connectivity index (χ0v) is 23.5. The van der Waals surface area contributed by atoms with Crippen molar-refractivity contribution in [1.29, 1.82) is 0 Å². The first kappa shape index (κ1) is 37.0. The third-order valence-corrected chi connectivity index (χ3v) is 8.28. The van der Waals surface area contributed by atoms with Crippen molar-refractivity contribution >= 4 is 0 Å². The molecular weight excluding hydrogens is 624 g/mol. The smallest absolute Gasteiger partial charge is 0.224 e. The summed E-state index contributed by atoms with van der Waals surface area (Å²) >= 11 is 0. The largest absolute Gasteiger partial charge is 0.394 e. The molecule has 264 valence electrons. The third-order valence-electron chi connectivity index (χ3n) is 8.28. The lowest BCUT2D eigenvalue weighted by Gasteiger charge is -2.48. The highest BCUT2D eigenvalue weighted by atomic mass is 16.8. The van der Waals surface area contributed by atoms with Gasteiger partial charge in [0.2, 0.25) is 5.79 Å². The van der Waals surface area contributed by atoms with Crippen LogP contribution in [-0.2, 0) is 33.2 Å². The molecule has 21 heteroatoms. The van der Waals surface area contributed by atoms with E-state index in [0.717, 1.165) is 0 Å². The van der Waals surface area contributed by atoms with E-state index in [9.17, 15) is 71.5 Å². The lowest BCUT2D eigenvalue weighted by molar-refractivity contribution is -0.402. The van der Waals surface area contributed by atoms with Crippen molar-refractivity contribution in [3.05, 3.63) is 0 Å². The summed E-state index contributed by atoms with van der Waals surface area (Å²) < 4.78 is 38.2. The molecular formula is C24H42O21. The van der Waals surface area contributed by atoms with Gasteiger partial charge in [-0.3, -0.25) is 0 Å². The normalized spacial score (nSPS) is 52.7. The Morgan fingerprint density at radius 3 is 1.49 bits per heavy atom. The number of ether oxygens (including phenoxy) is 7. The summed E-state index contributed by atoms with van der Waals surface area (Å²) in [6.45, 7) is -4.37. The molecule has 45 heavy (non-hydrogen) atoms. The van der Waals surface area contributed by atoms with Crippen molar-refractivity contribution in [2.24, 2.45) is 0 Å². The Labute approximate surface area is 254 Å². The van der Waals surface area contributed by atoms with Gasteiger partial charge in [0.15, 0.2) is 18.9 Å². The Bertz CT molecular complexity index is 929. The van der Waals surface area contributed by atoms with Crippen LogP contribution in [0.3, 0.4) is 0 Å². The van der Waals surface area contributed by atoms with E-state index in [0.29, 0.717) is 0 Å². The second-order valence-electron chi connectivity index (χ2n) is 11.2. The van der Waals surface area contributed by atoms with Gasteiger partial charge in [0.1, 0.15) is 98.2 Å². The monoisotopic (exact) mass is 666 g/mol. The zero-order valence-electron chi connectivity index (χ0n) is 23.5.